The zero-order valence-corrected chi connectivity index (χ0v) is 15.3. The van der Waals surface area contributed by atoms with E-state index in [0.717, 1.165) is 39.1 Å². The molecule has 9 nitrogen and oxygen atoms in total. The van der Waals surface area contributed by atoms with Crippen molar-refractivity contribution in [3.8, 4) is 0 Å². The lowest BCUT2D eigenvalue weighted by molar-refractivity contribution is 0.0211. The normalized spacial score (nSPS) is 21.0. The maximum absolute atomic E-state index is 12.4. The molecule has 2 aliphatic rings. The molecule has 9 heteroatoms. The highest BCUT2D eigenvalue weighted by atomic mass is 16.5. The van der Waals surface area contributed by atoms with Crippen LogP contribution < -0.4 is 0 Å². The van der Waals surface area contributed by atoms with Gasteiger partial charge in [0.25, 0.3) is 5.91 Å². The predicted octanol–water partition coefficient (Wildman–Crippen LogP) is 1.41. The van der Waals surface area contributed by atoms with Gasteiger partial charge in [-0.3, -0.25) is 9.89 Å². The summed E-state index contributed by atoms with van der Waals surface area (Å²) in [5, 5.41) is 10.6. The van der Waals surface area contributed by atoms with Gasteiger partial charge in [-0.15, -0.1) is 0 Å². The molecular formula is C18H25N5O4. The first kappa shape index (κ1) is 18.1. The summed E-state index contributed by atoms with van der Waals surface area (Å²) in [6, 6.07) is 1.68. The van der Waals surface area contributed by atoms with Crippen LogP contribution in [-0.4, -0.2) is 70.7 Å². The lowest BCUT2D eigenvalue weighted by Gasteiger charge is -2.21. The molecule has 0 saturated carbocycles. The molecule has 1 N–H and O–H groups in total. The number of carbonyl (C=O) groups excluding carboxylic acids is 1. The van der Waals surface area contributed by atoms with Gasteiger partial charge in [-0.1, -0.05) is 5.16 Å². The van der Waals surface area contributed by atoms with Gasteiger partial charge in [-0.2, -0.15) is 10.1 Å². The number of nitrogens with one attached hydrogen (secondary N) is 1. The third-order valence-electron chi connectivity index (χ3n) is 5.20. The Labute approximate surface area is 157 Å². The van der Waals surface area contributed by atoms with E-state index in [2.05, 4.69) is 20.3 Å². The lowest BCUT2D eigenvalue weighted by atomic mass is 10.0. The quantitative estimate of drug-likeness (QED) is 0.729. The van der Waals surface area contributed by atoms with Gasteiger partial charge in [0.1, 0.15) is 5.69 Å². The number of rotatable bonds is 7. The zero-order chi connectivity index (χ0) is 18.5. The molecule has 0 bridgehead atoms. The van der Waals surface area contributed by atoms with E-state index in [1.54, 1.807) is 17.2 Å². The summed E-state index contributed by atoms with van der Waals surface area (Å²) in [6.07, 6.45) is 5.18. The first-order valence-electron chi connectivity index (χ1n) is 9.56. The van der Waals surface area contributed by atoms with E-state index in [-0.39, 0.29) is 11.8 Å². The molecule has 2 saturated heterocycles. The van der Waals surface area contributed by atoms with Crippen molar-refractivity contribution in [3.63, 3.8) is 0 Å². The summed E-state index contributed by atoms with van der Waals surface area (Å²) in [6.45, 7) is 4.29. The number of likely N-dealkylation sites (tertiary alicyclic amines) is 1. The Morgan fingerprint density at radius 2 is 2.22 bits per heavy atom. The molecule has 0 spiro atoms. The third-order valence-corrected chi connectivity index (χ3v) is 5.20. The number of H-pyrrole nitrogens is 1. The Kier molecular flexibility index (Phi) is 5.78. The van der Waals surface area contributed by atoms with Gasteiger partial charge in [0.2, 0.25) is 5.89 Å². The number of amides is 1. The molecule has 2 fully saturated rings. The zero-order valence-electron chi connectivity index (χ0n) is 15.3. The Bertz CT molecular complexity index is 726. The van der Waals surface area contributed by atoms with Crippen LogP contribution in [0.15, 0.2) is 16.8 Å². The number of aromatic amines is 1. The Balaban J connectivity index is 1.21. The molecule has 2 aromatic heterocycles. The van der Waals surface area contributed by atoms with Crippen LogP contribution >= 0.6 is 0 Å². The van der Waals surface area contributed by atoms with E-state index in [0.29, 0.717) is 49.4 Å². The number of carbonyl (C=O) groups is 1. The monoisotopic (exact) mass is 375 g/mol. The molecule has 146 valence electrons. The van der Waals surface area contributed by atoms with Crippen LogP contribution in [0.5, 0.6) is 0 Å². The minimum Gasteiger partial charge on any atom is -0.381 e. The fourth-order valence-electron chi connectivity index (χ4n) is 3.55. The maximum atomic E-state index is 12.4. The topological polar surface area (TPSA) is 106 Å². The van der Waals surface area contributed by atoms with Crippen molar-refractivity contribution in [2.24, 2.45) is 5.92 Å². The molecular weight excluding hydrogens is 350 g/mol. The fourth-order valence-corrected chi connectivity index (χ4v) is 3.55. The number of aromatic nitrogens is 4. The van der Waals surface area contributed by atoms with Gasteiger partial charge < -0.3 is 18.9 Å². The molecule has 0 aromatic carbocycles. The van der Waals surface area contributed by atoms with Gasteiger partial charge in [0, 0.05) is 45.5 Å². The van der Waals surface area contributed by atoms with Crippen molar-refractivity contribution in [2.75, 3.05) is 39.5 Å². The van der Waals surface area contributed by atoms with Crippen molar-refractivity contribution >= 4 is 5.91 Å². The first-order chi connectivity index (χ1) is 13.3. The summed E-state index contributed by atoms with van der Waals surface area (Å²) in [5.41, 5.74) is 0.503. The van der Waals surface area contributed by atoms with Crippen LogP contribution in [0.1, 0.15) is 47.4 Å². The summed E-state index contributed by atoms with van der Waals surface area (Å²) < 4.78 is 16.5. The van der Waals surface area contributed by atoms with Gasteiger partial charge in [-0.25, -0.2) is 0 Å². The summed E-state index contributed by atoms with van der Waals surface area (Å²) >= 11 is 0. The Hall–Kier alpha value is -2.26. The van der Waals surface area contributed by atoms with Crippen molar-refractivity contribution in [2.45, 2.75) is 31.6 Å². The average Bonchev–Trinajstić information content (AvgIpc) is 3.47. The standard InChI is InChI=1S/C18H25N5O4/c24-18(15-1-6-19-21-15)23-7-2-14(11-23)17-20-16(22-27-17)5-10-26-12-13-3-8-25-9-4-13/h1,6,13-14H,2-5,7-12H2,(H,19,21). The molecule has 2 aromatic rings. The van der Waals surface area contributed by atoms with Crippen LogP contribution in [0, 0.1) is 5.92 Å². The molecule has 1 atom stereocenters. The van der Waals surface area contributed by atoms with Crippen molar-refractivity contribution in [3.05, 3.63) is 29.7 Å². The van der Waals surface area contributed by atoms with Gasteiger partial charge in [0.05, 0.1) is 12.5 Å². The van der Waals surface area contributed by atoms with Crippen molar-refractivity contribution < 1.29 is 18.8 Å². The van der Waals surface area contributed by atoms with E-state index >= 15 is 0 Å². The predicted molar refractivity (Wildman–Crippen MR) is 94.2 cm³/mol. The van der Waals surface area contributed by atoms with Gasteiger partial charge >= 0.3 is 0 Å². The minimum absolute atomic E-state index is 0.0451. The highest BCUT2D eigenvalue weighted by molar-refractivity contribution is 5.92. The number of ether oxygens (including phenoxy) is 2. The molecule has 2 aliphatic heterocycles. The minimum atomic E-state index is -0.0451. The number of hydrogen-bond acceptors (Lipinski definition) is 7. The molecule has 0 aliphatic carbocycles. The van der Waals surface area contributed by atoms with E-state index < -0.39 is 0 Å². The second-order valence-corrected chi connectivity index (χ2v) is 7.14. The summed E-state index contributed by atoms with van der Waals surface area (Å²) in [5.74, 6) is 1.90. The summed E-state index contributed by atoms with van der Waals surface area (Å²) in [4.78, 5) is 18.6. The van der Waals surface area contributed by atoms with Crippen molar-refractivity contribution in [1.82, 2.24) is 25.2 Å². The highest BCUT2D eigenvalue weighted by Crippen LogP contribution is 2.26. The smallest absolute Gasteiger partial charge is 0.271 e. The second-order valence-electron chi connectivity index (χ2n) is 7.14. The molecule has 4 heterocycles. The van der Waals surface area contributed by atoms with E-state index in [1.807, 2.05) is 0 Å². The second kappa shape index (κ2) is 8.62. The van der Waals surface area contributed by atoms with Gasteiger partial charge in [-0.05, 0) is 31.2 Å². The van der Waals surface area contributed by atoms with Crippen LogP contribution in [0.25, 0.3) is 0 Å². The Morgan fingerprint density at radius 3 is 3.04 bits per heavy atom. The Morgan fingerprint density at radius 1 is 1.33 bits per heavy atom. The number of nitrogens with zero attached hydrogens (tertiary/aromatic N) is 4. The summed E-state index contributed by atoms with van der Waals surface area (Å²) in [7, 11) is 0. The van der Waals surface area contributed by atoms with E-state index in [9.17, 15) is 4.79 Å². The highest BCUT2D eigenvalue weighted by Gasteiger charge is 2.32. The molecule has 0 radical (unpaired) electrons. The van der Waals surface area contributed by atoms with Crippen LogP contribution in [0.4, 0.5) is 0 Å². The molecule has 4 rings (SSSR count). The van der Waals surface area contributed by atoms with Crippen LogP contribution in [0.2, 0.25) is 0 Å². The SMILES string of the molecule is O=C(c1ccn[nH]1)N1CCC(c2nc(CCOCC3CCOCC3)no2)C1. The molecule has 1 unspecified atom stereocenters. The third kappa shape index (κ3) is 4.54. The average molecular weight is 375 g/mol. The molecule has 27 heavy (non-hydrogen) atoms. The van der Waals surface area contributed by atoms with E-state index in [1.165, 1.54) is 0 Å². The maximum Gasteiger partial charge on any atom is 0.271 e. The van der Waals surface area contributed by atoms with Gasteiger partial charge in [0.15, 0.2) is 5.82 Å². The largest absolute Gasteiger partial charge is 0.381 e. The van der Waals surface area contributed by atoms with E-state index in [4.69, 9.17) is 14.0 Å². The van der Waals surface area contributed by atoms with Crippen LogP contribution in [0.3, 0.4) is 0 Å². The van der Waals surface area contributed by atoms with Crippen LogP contribution in [-0.2, 0) is 15.9 Å². The number of hydrogen-bond donors (Lipinski definition) is 1. The first-order valence-corrected chi connectivity index (χ1v) is 9.56. The fraction of sp³-hybridized carbons (Fsp3) is 0.667. The van der Waals surface area contributed by atoms with Crippen molar-refractivity contribution in [1.29, 1.82) is 0 Å². The molecule has 1 amide bonds. The lowest BCUT2D eigenvalue weighted by Crippen LogP contribution is -2.28.